The number of imidazole rings is 1. The molecule has 59 heavy (non-hydrogen) atoms. The van der Waals surface area contributed by atoms with Crippen LogP contribution in [0, 0.1) is 0 Å². The molecule has 2 unspecified atom stereocenters. The van der Waals surface area contributed by atoms with Crippen molar-refractivity contribution in [2.45, 2.75) is 12.3 Å². The molecule has 2 N–H and O–H groups in total. The topological polar surface area (TPSA) is 67.1 Å². The number of aliphatic imine (C=N–C) groups is 1. The Labute approximate surface area is 342 Å². The first-order valence-corrected chi connectivity index (χ1v) is 20.0. The number of hydrogen-bond acceptors (Lipinski definition) is 5. The van der Waals surface area contributed by atoms with Crippen molar-refractivity contribution in [3.8, 4) is 39.3 Å². The molecule has 6 heteroatoms. The summed E-state index contributed by atoms with van der Waals surface area (Å²) in [5.74, 6) is 1.75. The number of pyridine rings is 1. The lowest BCUT2D eigenvalue weighted by molar-refractivity contribution is 0.409. The summed E-state index contributed by atoms with van der Waals surface area (Å²) in [6, 6.07) is 70.3. The highest BCUT2D eigenvalue weighted by molar-refractivity contribution is 6.23. The number of para-hydroxylation sites is 1. The van der Waals surface area contributed by atoms with Crippen LogP contribution in [0.2, 0.25) is 0 Å². The van der Waals surface area contributed by atoms with Crippen LogP contribution in [-0.2, 0) is 0 Å². The fourth-order valence-electron chi connectivity index (χ4n) is 8.40. The zero-order valence-corrected chi connectivity index (χ0v) is 32.1. The molecule has 0 radical (unpaired) electrons. The third-order valence-electron chi connectivity index (χ3n) is 11.4. The van der Waals surface area contributed by atoms with Gasteiger partial charge in [-0.25, -0.2) is 9.98 Å². The lowest BCUT2D eigenvalue weighted by Gasteiger charge is -2.32. The predicted molar refractivity (Wildman–Crippen MR) is 241 cm³/mol. The van der Waals surface area contributed by atoms with Gasteiger partial charge in [-0.2, -0.15) is 0 Å². The Bertz CT molecular complexity index is 3120. The van der Waals surface area contributed by atoms with E-state index in [1.54, 1.807) is 0 Å². The standard InChI is InChI=1S/C53H38N6/c1-4-13-35(14-5-1)36-22-28-40(29-23-36)51-56-50(39-15-6-2-7-16-39)57-52(58-51)41-30-24-37(25-31-41)38-26-32-42(33-27-38)53-55-48-45-20-11-10-19-44(45)47-46(21-12-34-54-47)49(48)59(53)43-17-8-3-9-18-43/h1-34,50,52,57H,(H,56,58). The van der Waals surface area contributed by atoms with Gasteiger partial charge in [0.1, 0.15) is 24.0 Å². The van der Waals surface area contributed by atoms with Gasteiger partial charge in [0.2, 0.25) is 0 Å². The fourth-order valence-corrected chi connectivity index (χ4v) is 8.40. The van der Waals surface area contributed by atoms with Gasteiger partial charge in [0.05, 0.1) is 16.6 Å². The van der Waals surface area contributed by atoms with Gasteiger partial charge >= 0.3 is 0 Å². The fraction of sp³-hybridized carbons (Fsp3) is 0.0377. The van der Waals surface area contributed by atoms with Crippen molar-refractivity contribution < 1.29 is 0 Å². The molecular weight excluding hydrogens is 721 g/mol. The molecule has 1 aliphatic rings. The summed E-state index contributed by atoms with van der Waals surface area (Å²) >= 11 is 0. The monoisotopic (exact) mass is 758 g/mol. The maximum absolute atomic E-state index is 5.39. The normalized spacial score (nSPS) is 15.3. The van der Waals surface area contributed by atoms with Crippen LogP contribution in [0.25, 0.3) is 72.0 Å². The second-order valence-electron chi connectivity index (χ2n) is 14.9. The van der Waals surface area contributed by atoms with Crippen molar-refractivity contribution in [2.75, 3.05) is 0 Å². The molecule has 1 aliphatic heterocycles. The quantitative estimate of drug-likeness (QED) is 0.159. The smallest absolute Gasteiger partial charge is 0.145 e. The van der Waals surface area contributed by atoms with Crippen molar-refractivity contribution in [3.05, 3.63) is 223 Å². The Hall–Kier alpha value is -7.67. The molecule has 0 fully saturated rings. The minimum Gasteiger partial charge on any atom is -0.350 e. The van der Waals surface area contributed by atoms with Gasteiger partial charge in [-0.3, -0.25) is 14.9 Å². The Kier molecular flexibility index (Phi) is 8.60. The molecule has 0 aliphatic carbocycles. The molecule has 2 aromatic heterocycles. The van der Waals surface area contributed by atoms with E-state index in [4.69, 9.17) is 15.0 Å². The maximum Gasteiger partial charge on any atom is 0.145 e. The number of amidine groups is 1. The molecule has 280 valence electrons. The van der Waals surface area contributed by atoms with Crippen molar-refractivity contribution >= 4 is 38.5 Å². The number of nitrogens with zero attached hydrogens (tertiary/aromatic N) is 4. The summed E-state index contributed by atoms with van der Waals surface area (Å²) in [5.41, 5.74) is 13.1. The van der Waals surface area contributed by atoms with Crippen LogP contribution in [-0.4, -0.2) is 20.4 Å². The Morgan fingerprint density at radius 3 is 1.63 bits per heavy atom. The lowest BCUT2D eigenvalue weighted by atomic mass is 10.00. The molecule has 3 heterocycles. The number of rotatable bonds is 7. The average Bonchev–Trinajstić information content (AvgIpc) is 3.74. The van der Waals surface area contributed by atoms with E-state index in [1.807, 2.05) is 24.4 Å². The largest absolute Gasteiger partial charge is 0.350 e. The van der Waals surface area contributed by atoms with E-state index < -0.39 is 0 Å². The van der Waals surface area contributed by atoms with Gasteiger partial charge in [-0.1, -0.05) is 176 Å². The number of hydrogen-bond donors (Lipinski definition) is 2. The lowest BCUT2D eigenvalue weighted by Crippen LogP contribution is -2.44. The van der Waals surface area contributed by atoms with E-state index in [-0.39, 0.29) is 12.3 Å². The molecule has 0 amide bonds. The Balaban J connectivity index is 0.919. The predicted octanol–water partition coefficient (Wildman–Crippen LogP) is 12.1. The molecule has 11 rings (SSSR count). The first-order chi connectivity index (χ1) is 29.2. The third kappa shape index (κ3) is 6.33. The van der Waals surface area contributed by atoms with Gasteiger partial charge < -0.3 is 5.32 Å². The van der Waals surface area contributed by atoms with Crippen LogP contribution in [0.1, 0.15) is 29.0 Å². The molecule has 0 spiro atoms. The number of aromatic nitrogens is 3. The highest BCUT2D eigenvalue weighted by Gasteiger charge is 2.26. The molecule has 8 aromatic carbocycles. The average molecular weight is 759 g/mol. The van der Waals surface area contributed by atoms with E-state index in [0.717, 1.165) is 83.4 Å². The maximum atomic E-state index is 5.39. The summed E-state index contributed by atoms with van der Waals surface area (Å²) < 4.78 is 2.29. The van der Waals surface area contributed by atoms with Crippen molar-refractivity contribution in [3.63, 3.8) is 0 Å². The summed E-state index contributed by atoms with van der Waals surface area (Å²) in [6.45, 7) is 0. The van der Waals surface area contributed by atoms with Crippen LogP contribution in [0.4, 0.5) is 0 Å². The third-order valence-corrected chi connectivity index (χ3v) is 11.4. The second kappa shape index (κ2) is 14.7. The van der Waals surface area contributed by atoms with E-state index in [1.165, 1.54) is 11.1 Å². The van der Waals surface area contributed by atoms with Gasteiger partial charge in [0.15, 0.2) is 0 Å². The van der Waals surface area contributed by atoms with Crippen molar-refractivity contribution in [2.24, 2.45) is 4.99 Å². The van der Waals surface area contributed by atoms with E-state index >= 15 is 0 Å². The highest BCUT2D eigenvalue weighted by atomic mass is 15.3. The van der Waals surface area contributed by atoms with Gasteiger partial charge in [0.25, 0.3) is 0 Å². The van der Waals surface area contributed by atoms with Crippen molar-refractivity contribution in [1.29, 1.82) is 0 Å². The summed E-state index contributed by atoms with van der Waals surface area (Å²) in [6.07, 6.45) is 1.52. The highest BCUT2D eigenvalue weighted by Crippen LogP contribution is 2.39. The molecule has 2 atom stereocenters. The van der Waals surface area contributed by atoms with Crippen LogP contribution in [0.15, 0.2) is 211 Å². The number of nitrogens with one attached hydrogen (secondary N) is 2. The van der Waals surface area contributed by atoms with E-state index in [2.05, 4.69) is 197 Å². The molecule has 0 saturated carbocycles. The zero-order chi connectivity index (χ0) is 39.1. The van der Waals surface area contributed by atoms with Crippen LogP contribution in [0.3, 0.4) is 0 Å². The summed E-state index contributed by atoms with van der Waals surface area (Å²) in [4.78, 5) is 15.4. The van der Waals surface area contributed by atoms with Crippen LogP contribution < -0.4 is 10.6 Å². The van der Waals surface area contributed by atoms with Crippen LogP contribution >= 0.6 is 0 Å². The van der Waals surface area contributed by atoms with E-state index in [0.29, 0.717) is 0 Å². The first-order valence-electron chi connectivity index (χ1n) is 20.0. The van der Waals surface area contributed by atoms with Gasteiger partial charge in [0, 0.05) is 39.2 Å². The van der Waals surface area contributed by atoms with Crippen LogP contribution in [0.5, 0.6) is 0 Å². The number of fused-ring (bicyclic) bond motifs is 6. The van der Waals surface area contributed by atoms with Crippen molar-refractivity contribution in [1.82, 2.24) is 25.2 Å². The number of benzene rings is 8. The second-order valence-corrected chi connectivity index (χ2v) is 14.9. The van der Waals surface area contributed by atoms with Gasteiger partial charge in [-0.15, -0.1) is 0 Å². The Morgan fingerprint density at radius 2 is 0.949 bits per heavy atom. The van der Waals surface area contributed by atoms with E-state index in [9.17, 15) is 0 Å². The molecular formula is C53H38N6. The molecule has 0 saturated heterocycles. The molecule has 10 aromatic rings. The minimum atomic E-state index is -0.203. The summed E-state index contributed by atoms with van der Waals surface area (Å²) in [5, 5.41) is 10.7. The minimum absolute atomic E-state index is 0.147. The van der Waals surface area contributed by atoms with Gasteiger partial charge in [-0.05, 0) is 57.6 Å². The molecule has 6 nitrogen and oxygen atoms in total. The molecule has 0 bridgehead atoms. The first kappa shape index (κ1) is 34.6. The Morgan fingerprint density at radius 1 is 0.424 bits per heavy atom. The summed E-state index contributed by atoms with van der Waals surface area (Å²) in [7, 11) is 0. The zero-order valence-electron chi connectivity index (χ0n) is 32.1. The SMILES string of the molecule is c1ccc(-c2ccc(C3=NC(c4ccccc4)NC(c4ccc(-c5ccc(-c6nc7c8ccccc8c8ncccc8c7n6-c6ccccc6)cc5)cc4)N3)cc2)cc1.